The van der Waals surface area contributed by atoms with E-state index in [2.05, 4.69) is 28.6 Å². The van der Waals surface area contributed by atoms with Crippen LogP contribution >= 0.6 is 35.6 Å². The lowest BCUT2D eigenvalue weighted by Gasteiger charge is -2.38. The van der Waals surface area contributed by atoms with Crippen LogP contribution in [0.25, 0.3) is 0 Å². The molecule has 26 heavy (non-hydrogen) atoms. The Balaban J connectivity index is 0.00000243. The monoisotopic (exact) mass is 413 g/mol. The standard InChI is InChI=1S/C19H21Cl2N3O.ClH/c1-13-3-2-8-23-17(13)19(6-9-22-10-7-19)12-24-18(25)15-5-4-14(20)11-16(15)21;/h2-5,8,11,22H,6-7,9-10,12H2,1H3,(H,24,25);1H. The molecule has 1 aliphatic heterocycles. The normalized spacial score (nSPS) is 15.8. The van der Waals surface area contributed by atoms with Gasteiger partial charge in [0.25, 0.3) is 5.91 Å². The van der Waals surface area contributed by atoms with Crippen molar-refractivity contribution < 1.29 is 4.79 Å². The van der Waals surface area contributed by atoms with E-state index in [9.17, 15) is 4.79 Å². The van der Waals surface area contributed by atoms with Crippen molar-refractivity contribution in [2.24, 2.45) is 0 Å². The highest BCUT2D eigenvalue weighted by Crippen LogP contribution is 2.33. The smallest absolute Gasteiger partial charge is 0.252 e. The Morgan fingerprint density at radius 2 is 2.00 bits per heavy atom. The average molecular weight is 415 g/mol. The lowest BCUT2D eigenvalue weighted by atomic mass is 9.74. The van der Waals surface area contributed by atoms with Gasteiger partial charge >= 0.3 is 0 Å². The molecule has 0 bridgehead atoms. The Morgan fingerprint density at radius 1 is 1.27 bits per heavy atom. The lowest BCUT2D eigenvalue weighted by molar-refractivity contribution is 0.0937. The Hall–Kier alpha value is -1.33. The summed E-state index contributed by atoms with van der Waals surface area (Å²) in [6.07, 6.45) is 3.68. The van der Waals surface area contributed by atoms with Crippen molar-refractivity contribution in [3.05, 3.63) is 63.4 Å². The number of nitrogens with zero attached hydrogens (tertiary/aromatic N) is 1. The number of amides is 1. The number of halogens is 3. The molecular formula is C19H22Cl3N3O. The first-order valence-corrected chi connectivity index (χ1v) is 9.13. The largest absolute Gasteiger partial charge is 0.351 e. The molecule has 2 N–H and O–H groups in total. The minimum atomic E-state index is -0.187. The number of rotatable bonds is 4. The maximum absolute atomic E-state index is 12.6. The number of hydrogen-bond acceptors (Lipinski definition) is 3. The molecule has 2 heterocycles. The zero-order valence-corrected chi connectivity index (χ0v) is 16.8. The van der Waals surface area contributed by atoms with E-state index in [0.29, 0.717) is 22.2 Å². The van der Waals surface area contributed by atoms with E-state index in [1.807, 2.05) is 12.3 Å². The number of piperidine rings is 1. The molecule has 2 aromatic rings. The molecule has 3 rings (SSSR count). The van der Waals surface area contributed by atoms with E-state index in [4.69, 9.17) is 23.2 Å². The second-order valence-electron chi connectivity index (χ2n) is 6.51. The van der Waals surface area contributed by atoms with Crippen molar-refractivity contribution in [2.75, 3.05) is 19.6 Å². The fourth-order valence-corrected chi connectivity index (χ4v) is 3.96. The topological polar surface area (TPSA) is 54.0 Å². The summed E-state index contributed by atoms with van der Waals surface area (Å²) in [5.41, 5.74) is 2.50. The van der Waals surface area contributed by atoms with Crippen molar-refractivity contribution in [1.82, 2.24) is 15.6 Å². The Labute approximate surface area is 170 Å². The summed E-state index contributed by atoms with van der Waals surface area (Å²) in [7, 11) is 0. The quantitative estimate of drug-likeness (QED) is 0.789. The number of carbonyl (C=O) groups excluding carboxylic acids is 1. The van der Waals surface area contributed by atoms with E-state index in [0.717, 1.165) is 37.2 Å². The van der Waals surface area contributed by atoms with Gasteiger partial charge in [-0.05, 0) is 62.7 Å². The third-order valence-corrected chi connectivity index (χ3v) is 5.38. The van der Waals surface area contributed by atoms with Crippen molar-refractivity contribution in [3.63, 3.8) is 0 Å². The van der Waals surface area contributed by atoms with Crippen LogP contribution in [0.3, 0.4) is 0 Å². The number of benzene rings is 1. The highest BCUT2D eigenvalue weighted by Gasteiger charge is 2.36. The zero-order valence-electron chi connectivity index (χ0n) is 14.5. The minimum absolute atomic E-state index is 0. The van der Waals surface area contributed by atoms with Gasteiger partial charge in [0.15, 0.2) is 0 Å². The van der Waals surface area contributed by atoms with Gasteiger partial charge in [-0.1, -0.05) is 29.3 Å². The van der Waals surface area contributed by atoms with Gasteiger partial charge in [-0.15, -0.1) is 12.4 Å². The molecule has 0 aliphatic carbocycles. The maximum atomic E-state index is 12.6. The minimum Gasteiger partial charge on any atom is -0.351 e. The number of aryl methyl sites for hydroxylation is 1. The van der Waals surface area contributed by atoms with Gasteiger partial charge < -0.3 is 10.6 Å². The molecule has 0 saturated carbocycles. The predicted molar refractivity (Wildman–Crippen MR) is 109 cm³/mol. The first kappa shape index (κ1) is 21.0. The molecule has 1 aliphatic rings. The molecule has 4 nitrogen and oxygen atoms in total. The number of pyridine rings is 1. The van der Waals surface area contributed by atoms with E-state index in [1.165, 1.54) is 0 Å². The molecule has 1 fully saturated rings. The molecule has 1 saturated heterocycles. The van der Waals surface area contributed by atoms with Crippen molar-refractivity contribution >= 4 is 41.5 Å². The van der Waals surface area contributed by atoms with Crippen LogP contribution in [-0.2, 0) is 5.41 Å². The second kappa shape index (κ2) is 9.05. The summed E-state index contributed by atoms with van der Waals surface area (Å²) in [6, 6.07) is 8.93. The molecule has 0 atom stereocenters. The van der Waals surface area contributed by atoms with Crippen LogP contribution < -0.4 is 10.6 Å². The summed E-state index contributed by atoms with van der Waals surface area (Å²) < 4.78 is 0. The second-order valence-corrected chi connectivity index (χ2v) is 7.35. The van der Waals surface area contributed by atoms with Gasteiger partial charge in [-0.3, -0.25) is 9.78 Å². The van der Waals surface area contributed by atoms with Gasteiger partial charge in [0.2, 0.25) is 0 Å². The van der Waals surface area contributed by atoms with Gasteiger partial charge in [-0.25, -0.2) is 0 Å². The molecule has 0 unspecified atom stereocenters. The molecule has 0 spiro atoms. The number of aromatic nitrogens is 1. The molecular weight excluding hydrogens is 393 g/mol. The predicted octanol–water partition coefficient (Wildman–Crippen LogP) is 4.17. The molecule has 7 heteroatoms. The first-order chi connectivity index (χ1) is 12.0. The van der Waals surface area contributed by atoms with Crippen LogP contribution in [0.5, 0.6) is 0 Å². The fourth-order valence-electron chi connectivity index (χ4n) is 3.46. The van der Waals surface area contributed by atoms with Crippen molar-refractivity contribution in [3.8, 4) is 0 Å². The Kier molecular flexibility index (Phi) is 7.30. The third-order valence-electron chi connectivity index (χ3n) is 4.84. The highest BCUT2D eigenvalue weighted by molar-refractivity contribution is 6.36. The van der Waals surface area contributed by atoms with Crippen molar-refractivity contribution in [1.29, 1.82) is 0 Å². The van der Waals surface area contributed by atoms with Crippen LogP contribution in [0.15, 0.2) is 36.5 Å². The SMILES string of the molecule is Cc1cccnc1C1(CNC(=O)c2ccc(Cl)cc2Cl)CCNCC1.Cl. The number of nitrogens with one attached hydrogen (secondary N) is 2. The van der Waals surface area contributed by atoms with E-state index in [-0.39, 0.29) is 23.7 Å². The van der Waals surface area contributed by atoms with Gasteiger partial charge in [0.1, 0.15) is 0 Å². The molecule has 1 aromatic heterocycles. The highest BCUT2D eigenvalue weighted by atomic mass is 35.5. The summed E-state index contributed by atoms with van der Waals surface area (Å²) >= 11 is 12.1. The van der Waals surface area contributed by atoms with Crippen molar-refractivity contribution in [2.45, 2.75) is 25.2 Å². The van der Waals surface area contributed by atoms with Crippen LogP contribution in [-0.4, -0.2) is 30.5 Å². The molecule has 1 amide bonds. The van der Waals surface area contributed by atoms with Crippen LogP contribution in [0, 0.1) is 6.92 Å². The maximum Gasteiger partial charge on any atom is 0.252 e. The number of carbonyl (C=O) groups is 1. The van der Waals surface area contributed by atoms with Gasteiger partial charge in [0.05, 0.1) is 16.3 Å². The summed E-state index contributed by atoms with van der Waals surface area (Å²) in [6.45, 7) is 4.43. The summed E-state index contributed by atoms with van der Waals surface area (Å²) in [5.74, 6) is -0.187. The summed E-state index contributed by atoms with van der Waals surface area (Å²) in [4.78, 5) is 17.2. The Morgan fingerprint density at radius 3 is 2.65 bits per heavy atom. The van der Waals surface area contributed by atoms with Crippen LogP contribution in [0.4, 0.5) is 0 Å². The molecule has 1 aromatic carbocycles. The zero-order chi connectivity index (χ0) is 17.9. The molecule has 0 radical (unpaired) electrons. The lowest BCUT2D eigenvalue weighted by Crippen LogP contribution is -2.48. The average Bonchev–Trinajstić information content (AvgIpc) is 2.61. The van der Waals surface area contributed by atoms with E-state index < -0.39 is 0 Å². The van der Waals surface area contributed by atoms with E-state index >= 15 is 0 Å². The van der Waals surface area contributed by atoms with Crippen LogP contribution in [0.1, 0.15) is 34.5 Å². The Bertz CT molecular complexity index is 776. The van der Waals surface area contributed by atoms with Gasteiger partial charge in [0, 0.05) is 23.2 Å². The fraction of sp³-hybridized carbons (Fsp3) is 0.368. The first-order valence-electron chi connectivity index (χ1n) is 8.38. The van der Waals surface area contributed by atoms with Crippen LogP contribution in [0.2, 0.25) is 10.0 Å². The third kappa shape index (κ3) is 4.49. The molecule has 140 valence electrons. The van der Waals surface area contributed by atoms with E-state index in [1.54, 1.807) is 18.2 Å². The summed E-state index contributed by atoms with van der Waals surface area (Å²) in [5, 5.41) is 7.32. The number of hydrogen-bond donors (Lipinski definition) is 2. The van der Waals surface area contributed by atoms with Gasteiger partial charge in [-0.2, -0.15) is 0 Å².